The Bertz CT molecular complexity index is 633. The molecule has 6 heteroatoms. The minimum absolute atomic E-state index is 0.00193. The van der Waals surface area contributed by atoms with E-state index in [9.17, 15) is 13.2 Å². The van der Waals surface area contributed by atoms with Crippen molar-refractivity contribution in [2.75, 3.05) is 18.4 Å². The third-order valence-corrected chi connectivity index (χ3v) is 6.47. The summed E-state index contributed by atoms with van der Waals surface area (Å²) in [6.45, 7) is 4.49. The van der Waals surface area contributed by atoms with Gasteiger partial charge in [-0.05, 0) is 31.0 Å². The van der Waals surface area contributed by atoms with E-state index < -0.39 is 10.0 Å². The van der Waals surface area contributed by atoms with Crippen LogP contribution in [0.3, 0.4) is 0 Å². The van der Waals surface area contributed by atoms with Gasteiger partial charge in [0.1, 0.15) is 0 Å². The number of sulfonamides is 1. The molecule has 0 radical (unpaired) electrons. The molecule has 0 spiro atoms. The molecule has 128 valence electrons. The van der Waals surface area contributed by atoms with E-state index in [4.69, 9.17) is 0 Å². The Hall–Kier alpha value is -1.40. The van der Waals surface area contributed by atoms with Gasteiger partial charge in [0, 0.05) is 24.7 Å². The maximum Gasteiger partial charge on any atom is 0.243 e. The van der Waals surface area contributed by atoms with Crippen LogP contribution in [0.2, 0.25) is 0 Å². The second-order valence-corrected chi connectivity index (χ2v) is 7.88. The van der Waals surface area contributed by atoms with Crippen molar-refractivity contribution >= 4 is 21.6 Å². The molecule has 1 saturated carbocycles. The lowest BCUT2D eigenvalue weighted by molar-refractivity contribution is -0.120. The summed E-state index contributed by atoms with van der Waals surface area (Å²) >= 11 is 0. The van der Waals surface area contributed by atoms with Crippen LogP contribution < -0.4 is 5.32 Å². The van der Waals surface area contributed by atoms with Gasteiger partial charge < -0.3 is 5.32 Å². The average molecular weight is 338 g/mol. The van der Waals surface area contributed by atoms with Crippen LogP contribution in [-0.4, -0.2) is 31.7 Å². The van der Waals surface area contributed by atoms with Gasteiger partial charge in [0.05, 0.1) is 4.90 Å². The fourth-order valence-corrected chi connectivity index (χ4v) is 4.56. The molecule has 0 saturated heterocycles. The topological polar surface area (TPSA) is 66.5 Å². The van der Waals surface area contributed by atoms with Gasteiger partial charge in [0.2, 0.25) is 15.9 Å². The molecule has 1 fully saturated rings. The highest BCUT2D eigenvalue weighted by Gasteiger charge is 2.23. The molecule has 0 aromatic heterocycles. The van der Waals surface area contributed by atoms with Gasteiger partial charge in [0.25, 0.3) is 0 Å². The number of carbonyl (C=O) groups is 1. The van der Waals surface area contributed by atoms with Crippen LogP contribution >= 0.6 is 0 Å². The molecule has 1 aromatic rings. The highest BCUT2D eigenvalue weighted by atomic mass is 32.2. The first-order chi connectivity index (χ1) is 11.0. The second kappa shape index (κ2) is 7.93. The predicted molar refractivity (Wildman–Crippen MR) is 91.8 cm³/mol. The molecule has 0 unspecified atom stereocenters. The minimum Gasteiger partial charge on any atom is -0.326 e. The van der Waals surface area contributed by atoms with Crippen molar-refractivity contribution in [2.24, 2.45) is 5.92 Å². The summed E-state index contributed by atoms with van der Waals surface area (Å²) in [4.78, 5) is 12.5. The van der Waals surface area contributed by atoms with E-state index in [0.717, 1.165) is 25.7 Å². The number of nitrogens with one attached hydrogen (secondary N) is 1. The number of carbonyl (C=O) groups excluding carboxylic acids is 1. The molecule has 23 heavy (non-hydrogen) atoms. The summed E-state index contributed by atoms with van der Waals surface area (Å²) in [5, 5.41) is 2.88. The fraction of sp³-hybridized carbons (Fsp3) is 0.588. The van der Waals surface area contributed by atoms with Gasteiger partial charge >= 0.3 is 0 Å². The molecule has 0 heterocycles. The lowest BCUT2D eigenvalue weighted by atomic mass is 9.88. The van der Waals surface area contributed by atoms with Crippen molar-refractivity contribution < 1.29 is 13.2 Å². The van der Waals surface area contributed by atoms with E-state index in [1.807, 2.05) is 13.8 Å². The highest BCUT2D eigenvalue weighted by Crippen LogP contribution is 2.26. The van der Waals surface area contributed by atoms with Crippen LogP contribution in [-0.2, 0) is 14.8 Å². The summed E-state index contributed by atoms with van der Waals surface area (Å²) in [6.07, 6.45) is 5.22. The molecule has 2 rings (SSSR count). The number of benzene rings is 1. The van der Waals surface area contributed by atoms with Crippen LogP contribution in [0.1, 0.15) is 46.0 Å². The van der Waals surface area contributed by atoms with Crippen molar-refractivity contribution in [3.05, 3.63) is 24.3 Å². The maximum absolute atomic E-state index is 12.5. The van der Waals surface area contributed by atoms with Crippen LogP contribution in [0.25, 0.3) is 0 Å². The fourth-order valence-electron chi connectivity index (χ4n) is 3.06. The first-order valence-electron chi connectivity index (χ1n) is 8.40. The largest absolute Gasteiger partial charge is 0.326 e. The molecule has 1 aromatic carbocycles. The molecule has 5 nitrogen and oxygen atoms in total. The number of amides is 1. The summed E-state index contributed by atoms with van der Waals surface area (Å²) in [6, 6.07) is 6.53. The van der Waals surface area contributed by atoms with E-state index >= 15 is 0 Å². The molecule has 1 aliphatic rings. The van der Waals surface area contributed by atoms with E-state index in [1.165, 1.54) is 10.7 Å². The van der Waals surface area contributed by atoms with E-state index in [1.54, 1.807) is 24.3 Å². The second-order valence-electron chi connectivity index (χ2n) is 5.94. The van der Waals surface area contributed by atoms with Gasteiger partial charge in [-0.2, -0.15) is 4.31 Å². The van der Waals surface area contributed by atoms with Crippen molar-refractivity contribution in [3.8, 4) is 0 Å². The number of rotatable bonds is 6. The van der Waals surface area contributed by atoms with Crippen molar-refractivity contribution in [1.29, 1.82) is 0 Å². The van der Waals surface area contributed by atoms with Crippen LogP contribution in [0, 0.1) is 5.92 Å². The Morgan fingerprint density at radius 1 is 1.17 bits per heavy atom. The lowest BCUT2D eigenvalue weighted by Gasteiger charge is -2.21. The standard InChI is InChI=1S/C17H26N2O3S/c1-3-19(4-2)23(21,22)16-12-8-11-15(13-16)18-17(20)14-9-6-5-7-10-14/h8,11-14H,3-7,9-10H2,1-2H3,(H,18,20). The summed E-state index contributed by atoms with van der Waals surface area (Å²) < 4.78 is 26.5. The number of hydrogen-bond acceptors (Lipinski definition) is 3. The quantitative estimate of drug-likeness (QED) is 0.866. The third-order valence-electron chi connectivity index (χ3n) is 4.42. The summed E-state index contributed by atoms with van der Waals surface area (Å²) in [7, 11) is -3.50. The monoisotopic (exact) mass is 338 g/mol. The van der Waals surface area contributed by atoms with Gasteiger partial charge in [0.15, 0.2) is 0 Å². The first kappa shape index (κ1) is 17.9. The SMILES string of the molecule is CCN(CC)S(=O)(=O)c1cccc(NC(=O)C2CCCCC2)c1. The molecule has 0 aliphatic heterocycles. The summed E-state index contributed by atoms with van der Waals surface area (Å²) in [5.41, 5.74) is 0.550. The number of nitrogens with zero attached hydrogens (tertiary/aromatic N) is 1. The zero-order valence-electron chi connectivity index (χ0n) is 13.9. The van der Waals surface area contributed by atoms with Gasteiger partial charge in [-0.15, -0.1) is 0 Å². The Labute approximate surface area is 139 Å². The maximum atomic E-state index is 12.5. The zero-order valence-corrected chi connectivity index (χ0v) is 14.7. The van der Waals surface area contributed by atoms with Gasteiger partial charge in [-0.1, -0.05) is 39.2 Å². The normalized spacial score (nSPS) is 16.5. The lowest BCUT2D eigenvalue weighted by Crippen LogP contribution is -2.30. The molecule has 1 N–H and O–H groups in total. The minimum atomic E-state index is -3.50. The van der Waals surface area contributed by atoms with Crippen molar-refractivity contribution in [3.63, 3.8) is 0 Å². The van der Waals surface area contributed by atoms with Crippen LogP contribution in [0.4, 0.5) is 5.69 Å². The molecule has 0 bridgehead atoms. The zero-order chi connectivity index (χ0) is 16.9. The van der Waals surface area contributed by atoms with E-state index in [0.29, 0.717) is 18.8 Å². The van der Waals surface area contributed by atoms with Crippen LogP contribution in [0.5, 0.6) is 0 Å². The highest BCUT2D eigenvalue weighted by molar-refractivity contribution is 7.89. The van der Waals surface area contributed by atoms with Crippen molar-refractivity contribution in [2.45, 2.75) is 50.8 Å². The molecular weight excluding hydrogens is 312 g/mol. The Morgan fingerprint density at radius 2 is 1.83 bits per heavy atom. The Balaban J connectivity index is 2.15. The van der Waals surface area contributed by atoms with Crippen LogP contribution in [0.15, 0.2) is 29.2 Å². The predicted octanol–water partition coefficient (Wildman–Crippen LogP) is 3.24. The van der Waals surface area contributed by atoms with Gasteiger partial charge in [-0.25, -0.2) is 8.42 Å². The van der Waals surface area contributed by atoms with Gasteiger partial charge in [-0.3, -0.25) is 4.79 Å². The Kier molecular flexibility index (Phi) is 6.18. The molecule has 0 atom stereocenters. The van der Waals surface area contributed by atoms with E-state index in [-0.39, 0.29) is 16.7 Å². The third kappa shape index (κ3) is 4.32. The first-order valence-corrected chi connectivity index (χ1v) is 9.84. The smallest absolute Gasteiger partial charge is 0.243 e. The summed E-state index contributed by atoms with van der Waals surface area (Å²) in [5.74, 6) is 0.0499. The average Bonchev–Trinajstić information content (AvgIpc) is 2.57. The van der Waals surface area contributed by atoms with Crippen molar-refractivity contribution in [1.82, 2.24) is 4.31 Å². The number of hydrogen-bond donors (Lipinski definition) is 1. The number of anilines is 1. The molecule has 1 amide bonds. The Morgan fingerprint density at radius 3 is 2.43 bits per heavy atom. The molecular formula is C17H26N2O3S. The molecule has 1 aliphatic carbocycles. The van der Waals surface area contributed by atoms with E-state index in [2.05, 4.69) is 5.32 Å².